The second-order valence-corrected chi connectivity index (χ2v) is 9.41. The van der Waals surface area contributed by atoms with Crippen LogP contribution in [-0.4, -0.2) is 33.7 Å². The topological polar surface area (TPSA) is 104 Å². The molecule has 2 heterocycles. The van der Waals surface area contributed by atoms with Crippen LogP contribution in [-0.2, 0) is 4.79 Å². The van der Waals surface area contributed by atoms with Gasteiger partial charge in [-0.25, -0.2) is 4.98 Å². The predicted octanol–water partition coefficient (Wildman–Crippen LogP) is 4.19. The van der Waals surface area contributed by atoms with E-state index >= 15 is 0 Å². The first-order valence-corrected chi connectivity index (χ1v) is 11.5. The third-order valence-electron chi connectivity index (χ3n) is 5.71. The smallest absolute Gasteiger partial charge is 0.257 e. The van der Waals surface area contributed by atoms with Gasteiger partial charge in [-0.1, -0.05) is 31.7 Å². The summed E-state index contributed by atoms with van der Waals surface area (Å²) in [6.45, 7) is 4.32. The second kappa shape index (κ2) is 8.78. The molecule has 31 heavy (non-hydrogen) atoms. The number of ether oxygens (including phenoxy) is 1. The first kappa shape index (κ1) is 21.5. The van der Waals surface area contributed by atoms with Crippen molar-refractivity contribution in [2.75, 3.05) is 18.2 Å². The maximum absolute atomic E-state index is 13.2. The van der Waals surface area contributed by atoms with Gasteiger partial charge in [0.1, 0.15) is 5.82 Å². The van der Waals surface area contributed by atoms with E-state index in [2.05, 4.69) is 29.1 Å². The molecule has 164 valence electrons. The van der Waals surface area contributed by atoms with Crippen LogP contribution < -0.4 is 15.6 Å². The molecule has 7 nitrogen and oxygen atoms in total. The highest BCUT2D eigenvalue weighted by Gasteiger charge is 2.38. The van der Waals surface area contributed by atoms with Gasteiger partial charge in [0, 0.05) is 29.4 Å². The maximum atomic E-state index is 13.2. The fourth-order valence-electron chi connectivity index (χ4n) is 4.12. The third kappa shape index (κ3) is 4.21. The third-order valence-corrected chi connectivity index (χ3v) is 6.61. The number of benzene rings is 1. The van der Waals surface area contributed by atoms with Crippen molar-refractivity contribution in [3.8, 4) is 11.5 Å². The van der Waals surface area contributed by atoms with Crippen molar-refractivity contribution in [1.29, 1.82) is 0 Å². The van der Waals surface area contributed by atoms with Crippen molar-refractivity contribution in [3.05, 3.63) is 50.9 Å². The van der Waals surface area contributed by atoms with Crippen LogP contribution in [0, 0.1) is 5.92 Å². The van der Waals surface area contributed by atoms with Crippen LogP contribution in [0.4, 0.5) is 5.82 Å². The number of carbonyl (C=O) groups excluding carboxylic acids is 1. The van der Waals surface area contributed by atoms with Gasteiger partial charge in [0.2, 0.25) is 0 Å². The number of hydrogen-bond acceptors (Lipinski definition) is 7. The highest BCUT2D eigenvalue weighted by Crippen LogP contribution is 2.44. The number of aromatic amines is 1. The van der Waals surface area contributed by atoms with Crippen LogP contribution >= 0.6 is 11.8 Å². The Morgan fingerprint density at radius 1 is 1.29 bits per heavy atom. The number of allylic oxidation sites excluding steroid dienone is 2. The molecule has 0 radical (unpaired) electrons. The number of rotatable bonds is 6. The van der Waals surface area contributed by atoms with Crippen molar-refractivity contribution < 1.29 is 14.6 Å². The van der Waals surface area contributed by atoms with Crippen LogP contribution in [0.5, 0.6) is 11.5 Å². The zero-order valence-electron chi connectivity index (χ0n) is 17.9. The number of hydrogen-bond donors (Lipinski definition) is 3. The number of nitrogens with zero attached hydrogens (tertiary/aromatic N) is 1. The summed E-state index contributed by atoms with van der Waals surface area (Å²) in [5.41, 5.74) is 2.22. The number of ketones is 1. The Kier molecular flexibility index (Phi) is 6.09. The van der Waals surface area contributed by atoms with E-state index < -0.39 is 5.92 Å². The molecule has 2 aliphatic rings. The van der Waals surface area contributed by atoms with Crippen LogP contribution in [0.1, 0.15) is 56.6 Å². The lowest BCUT2D eigenvalue weighted by Crippen LogP contribution is -2.32. The van der Waals surface area contributed by atoms with E-state index in [4.69, 9.17) is 4.74 Å². The van der Waals surface area contributed by atoms with Crippen LogP contribution in [0.15, 0.2) is 39.4 Å². The molecule has 0 fully saturated rings. The van der Waals surface area contributed by atoms with Gasteiger partial charge >= 0.3 is 0 Å². The Bertz CT molecular complexity index is 1110. The Morgan fingerprint density at radius 3 is 2.81 bits per heavy atom. The number of aromatic nitrogens is 2. The molecule has 1 aromatic heterocycles. The molecule has 0 saturated heterocycles. The number of H-pyrrole nitrogens is 1. The standard InChI is InChI=1S/C23H27N3O4S/c1-12(2)9-10-31-23-25-21-20(22(29)26-23)18(13-7-8-17(30-3)16(28)11-13)19-14(24-21)5-4-6-15(19)27/h7-8,11-12,18,28H,4-6,9-10H2,1-3H3,(H2,24,25,26,29). The van der Waals surface area contributed by atoms with Gasteiger partial charge in [-0.05, 0) is 42.9 Å². The zero-order chi connectivity index (χ0) is 22.1. The molecule has 0 bridgehead atoms. The van der Waals surface area contributed by atoms with E-state index in [0.29, 0.717) is 45.8 Å². The van der Waals surface area contributed by atoms with E-state index in [9.17, 15) is 14.7 Å². The van der Waals surface area contributed by atoms with Gasteiger partial charge in [0.05, 0.1) is 12.7 Å². The molecule has 1 atom stereocenters. The highest BCUT2D eigenvalue weighted by atomic mass is 32.2. The number of fused-ring (bicyclic) bond motifs is 1. The summed E-state index contributed by atoms with van der Waals surface area (Å²) < 4.78 is 5.15. The largest absolute Gasteiger partial charge is 0.504 e. The SMILES string of the molecule is COc1ccc(C2C3=C(CCCC3=O)Nc3nc(SCCC(C)C)[nH]c(=O)c32)cc1O. The summed E-state index contributed by atoms with van der Waals surface area (Å²) >= 11 is 1.52. The average Bonchev–Trinajstić information content (AvgIpc) is 2.72. The maximum Gasteiger partial charge on any atom is 0.257 e. The number of methoxy groups -OCH3 is 1. The van der Waals surface area contributed by atoms with Gasteiger partial charge in [0.25, 0.3) is 5.56 Å². The van der Waals surface area contributed by atoms with Gasteiger partial charge in [-0.15, -0.1) is 0 Å². The lowest BCUT2D eigenvalue weighted by molar-refractivity contribution is -0.116. The second-order valence-electron chi connectivity index (χ2n) is 8.32. The summed E-state index contributed by atoms with van der Waals surface area (Å²) in [5, 5.41) is 14.2. The summed E-state index contributed by atoms with van der Waals surface area (Å²) in [5.74, 6) is 1.67. The predicted molar refractivity (Wildman–Crippen MR) is 121 cm³/mol. The fourth-order valence-corrected chi connectivity index (χ4v) is 5.22. The number of aromatic hydroxyl groups is 1. The zero-order valence-corrected chi connectivity index (χ0v) is 18.8. The molecule has 4 rings (SSSR count). The minimum atomic E-state index is -0.582. The van der Waals surface area contributed by atoms with Crippen molar-refractivity contribution in [2.45, 2.75) is 50.6 Å². The summed E-state index contributed by atoms with van der Waals surface area (Å²) in [7, 11) is 1.48. The summed E-state index contributed by atoms with van der Waals surface area (Å²) in [6, 6.07) is 5.00. The summed E-state index contributed by atoms with van der Waals surface area (Å²) in [6.07, 6.45) is 2.96. The average molecular weight is 442 g/mol. The first-order chi connectivity index (χ1) is 14.9. The van der Waals surface area contributed by atoms with Gasteiger partial charge in [-0.2, -0.15) is 0 Å². The summed E-state index contributed by atoms with van der Waals surface area (Å²) in [4.78, 5) is 33.7. The van der Waals surface area contributed by atoms with Crippen molar-refractivity contribution in [3.63, 3.8) is 0 Å². The molecular weight excluding hydrogens is 414 g/mol. The van der Waals surface area contributed by atoms with Crippen LogP contribution in [0.3, 0.4) is 0 Å². The number of thioether (sulfide) groups is 1. The monoisotopic (exact) mass is 441 g/mol. The number of phenolic OH excluding ortho intramolecular Hbond substituents is 1. The Hall–Kier alpha value is -2.74. The van der Waals surface area contributed by atoms with Gasteiger partial charge in [0.15, 0.2) is 22.4 Å². The van der Waals surface area contributed by atoms with E-state index in [0.717, 1.165) is 30.7 Å². The molecule has 0 amide bonds. The number of phenols is 1. The normalized spacial score (nSPS) is 17.9. The molecule has 0 spiro atoms. The molecule has 0 saturated carbocycles. The van der Waals surface area contributed by atoms with Crippen LogP contribution in [0.2, 0.25) is 0 Å². The molecule has 1 aromatic carbocycles. The Labute approximate surface area is 185 Å². The molecule has 1 unspecified atom stereocenters. The molecule has 1 aliphatic carbocycles. The minimum Gasteiger partial charge on any atom is -0.504 e. The number of Topliss-reactive ketones (excluding diaryl/α,β-unsaturated/α-hetero) is 1. The van der Waals surface area contributed by atoms with E-state index in [1.807, 2.05) is 0 Å². The van der Waals surface area contributed by atoms with Crippen molar-refractivity contribution >= 4 is 23.4 Å². The fraction of sp³-hybridized carbons (Fsp3) is 0.435. The van der Waals surface area contributed by atoms with E-state index in [1.165, 1.54) is 18.9 Å². The van der Waals surface area contributed by atoms with Crippen LogP contribution in [0.25, 0.3) is 0 Å². The Balaban J connectivity index is 1.81. The highest BCUT2D eigenvalue weighted by molar-refractivity contribution is 7.99. The van der Waals surface area contributed by atoms with Crippen molar-refractivity contribution in [1.82, 2.24) is 9.97 Å². The molecule has 3 N–H and O–H groups in total. The first-order valence-electron chi connectivity index (χ1n) is 10.6. The number of carbonyl (C=O) groups is 1. The van der Waals surface area contributed by atoms with Crippen molar-refractivity contribution in [2.24, 2.45) is 5.92 Å². The van der Waals surface area contributed by atoms with E-state index in [1.54, 1.807) is 18.2 Å². The Morgan fingerprint density at radius 2 is 2.10 bits per heavy atom. The number of anilines is 1. The molecule has 8 heteroatoms. The van der Waals surface area contributed by atoms with E-state index in [-0.39, 0.29) is 17.1 Å². The lowest BCUT2D eigenvalue weighted by Gasteiger charge is -2.32. The van der Waals surface area contributed by atoms with Gasteiger partial charge < -0.3 is 20.1 Å². The minimum absolute atomic E-state index is 0.0227. The van der Waals surface area contributed by atoms with Gasteiger partial charge in [-0.3, -0.25) is 9.59 Å². The lowest BCUT2D eigenvalue weighted by atomic mass is 9.76. The number of nitrogens with one attached hydrogen (secondary N) is 2. The quantitative estimate of drug-likeness (QED) is 0.456. The molecule has 2 aromatic rings. The molecule has 1 aliphatic heterocycles. The molecular formula is C23H27N3O4S.